The van der Waals surface area contributed by atoms with Crippen LogP contribution in [-0.4, -0.2) is 6.73 Å². The van der Waals surface area contributed by atoms with E-state index < -0.39 is 0 Å². The van der Waals surface area contributed by atoms with E-state index in [-0.39, 0.29) is 5.41 Å². The van der Waals surface area contributed by atoms with Crippen LogP contribution in [0.5, 0.6) is 5.75 Å². The number of hydrogen-bond acceptors (Lipinski definition) is 4. The minimum Gasteiger partial charge on any atom is -0.473 e. The summed E-state index contributed by atoms with van der Waals surface area (Å²) < 4.78 is 6.10. The maximum Gasteiger partial charge on any atom is 0.161 e. The van der Waals surface area contributed by atoms with Crippen LogP contribution in [0.4, 0.5) is 11.4 Å². The third-order valence-corrected chi connectivity index (χ3v) is 7.30. The van der Waals surface area contributed by atoms with Crippen LogP contribution in [0.25, 0.3) is 0 Å². The van der Waals surface area contributed by atoms with Gasteiger partial charge in [-0.2, -0.15) is 0 Å². The summed E-state index contributed by atoms with van der Waals surface area (Å²) in [6.45, 7) is 7.37. The monoisotopic (exact) mass is 462 g/mol. The molecule has 0 unspecified atom stereocenters. The Labute approximate surface area is 207 Å². The lowest BCUT2D eigenvalue weighted by atomic mass is 9.76. The molecule has 2 aliphatic rings. The van der Waals surface area contributed by atoms with Crippen molar-refractivity contribution in [2.24, 2.45) is 0 Å². The molecule has 4 nitrogen and oxygen atoms in total. The molecule has 0 N–H and O–H groups in total. The van der Waals surface area contributed by atoms with Crippen molar-refractivity contribution in [3.8, 4) is 5.75 Å². The Kier molecular flexibility index (Phi) is 5.46. The van der Waals surface area contributed by atoms with Crippen molar-refractivity contribution < 1.29 is 9.57 Å². The second-order valence-electron chi connectivity index (χ2n) is 9.88. The lowest BCUT2D eigenvalue weighted by molar-refractivity contribution is 0.0780. The first kappa shape index (κ1) is 21.8. The average Bonchev–Trinajstić information content (AvgIpc) is 2.92. The van der Waals surface area contributed by atoms with Crippen molar-refractivity contribution in [1.29, 1.82) is 0 Å². The maximum absolute atomic E-state index is 6.10. The Hall–Kier alpha value is -3.76. The third kappa shape index (κ3) is 4.15. The summed E-state index contributed by atoms with van der Waals surface area (Å²) in [6.07, 6.45) is 0. The van der Waals surface area contributed by atoms with Crippen molar-refractivity contribution in [3.05, 3.63) is 125 Å². The van der Waals surface area contributed by atoms with E-state index in [0.29, 0.717) is 13.3 Å². The van der Waals surface area contributed by atoms with Crippen molar-refractivity contribution in [2.75, 3.05) is 16.7 Å². The summed E-state index contributed by atoms with van der Waals surface area (Å²) >= 11 is 0. The summed E-state index contributed by atoms with van der Waals surface area (Å²) in [5.41, 5.74) is 8.53. The molecule has 6 rings (SSSR count). The number of rotatable bonds is 4. The van der Waals surface area contributed by atoms with E-state index in [1.54, 1.807) is 0 Å². The molecule has 4 aromatic carbocycles. The zero-order valence-electron chi connectivity index (χ0n) is 20.3. The van der Waals surface area contributed by atoms with E-state index in [4.69, 9.17) is 9.57 Å². The molecule has 2 heterocycles. The quantitative estimate of drug-likeness (QED) is 0.332. The second kappa shape index (κ2) is 8.79. The van der Waals surface area contributed by atoms with Crippen molar-refractivity contribution >= 4 is 11.4 Å². The maximum atomic E-state index is 6.10. The molecule has 0 aromatic heterocycles. The largest absolute Gasteiger partial charge is 0.473 e. The molecule has 0 amide bonds. The van der Waals surface area contributed by atoms with E-state index >= 15 is 0 Å². The summed E-state index contributed by atoms with van der Waals surface area (Å²) in [6, 6.07) is 34.3. The first-order chi connectivity index (χ1) is 17.1. The molecule has 4 heteroatoms. The van der Waals surface area contributed by atoms with E-state index in [1.165, 1.54) is 33.5 Å². The summed E-state index contributed by atoms with van der Waals surface area (Å²) in [5.74, 6) is 0.984. The fourth-order valence-electron chi connectivity index (χ4n) is 5.01. The van der Waals surface area contributed by atoms with Crippen molar-refractivity contribution in [3.63, 3.8) is 0 Å². The molecule has 0 saturated heterocycles. The molecule has 176 valence electrons. The highest BCUT2D eigenvalue weighted by atomic mass is 16.7. The number of hydroxylamine groups is 1. The number of anilines is 2. The van der Waals surface area contributed by atoms with Crippen LogP contribution in [-0.2, 0) is 29.9 Å². The Balaban J connectivity index is 1.28. The van der Waals surface area contributed by atoms with Gasteiger partial charge < -0.3 is 9.64 Å². The average molecular weight is 463 g/mol. The molecule has 0 aliphatic carbocycles. The molecule has 0 spiro atoms. The van der Waals surface area contributed by atoms with Gasteiger partial charge in [-0.25, -0.2) is 5.06 Å². The predicted molar refractivity (Wildman–Crippen MR) is 141 cm³/mol. The highest BCUT2D eigenvalue weighted by Gasteiger charge is 2.28. The number of para-hydroxylation sites is 2. The van der Waals surface area contributed by atoms with Gasteiger partial charge in [0, 0.05) is 23.2 Å². The zero-order chi connectivity index (χ0) is 23.8. The van der Waals surface area contributed by atoms with Gasteiger partial charge in [-0.05, 0) is 58.7 Å². The molecular weight excluding hydrogens is 432 g/mol. The fourth-order valence-corrected chi connectivity index (χ4v) is 5.01. The van der Waals surface area contributed by atoms with Crippen LogP contribution in [0.1, 0.15) is 41.7 Å². The fraction of sp³-hybridized carbons (Fsp3) is 0.226. The Morgan fingerprint density at radius 3 is 2.06 bits per heavy atom. The first-order valence-electron chi connectivity index (χ1n) is 12.2. The molecular formula is C31H30N2O2. The van der Waals surface area contributed by atoms with Gasteiger partial charge in [0.05, 0.1) is 12.2 Å². The van der Waals surface area contributed by atoms with Gasteiger partial charge in [0.2, 0.25) is 0 Å². The number of nitrogens with zero attached hydrogens (tertiary/aromatic N) is 2. The van der Waals surface area contributed by atoms with Gasteiger partial charge in [0.25, 0.3) is 0 Å². The highest BCUT2D eigenvalue weighted by molar-refractivity contribution is 5.53. The van der Waals surface area contributed by atoms with Gasteiger partial charge in [-0.15, -0.1) is 0 Å². The van der Waals surface area contributed by atoms with Gasteiger partial charge in [0.15, 0.2) is 6.73 Å². The van der Waals surface area contributed by atoms with Crippen molar-refractivity contribution in [2.45, 2.75) is 39.0 Å². The van der Waals surface area contributed by atoms with Crippen LogP contribution < -0.4 is 14.7 Å². The Morgan fingerprint density at radius 1 is 0.657 bits per heavy atom. The molecule has 2 aliphatic heterocycles. The molecule has 35 heavy (non-hydrogen) atoms. The van der Waals surface area contributed by atoms with Crippen LogP contribution in [0.15, 0.2) is 97.1 Å². The van der Waals surface area contributed by atoms with E-state index in [2.05, 4.69) is 91.5 Å². The van der Waals surface area contributed by atoms with Gasteiger partial charge in [0.1, 0.15) is 12.4 Å². The van der Waals surface area contributed by atoms with Gasteiger partial charge in [-0.1, -0.05) is 74.5 Å². The normalized spacial score (nSPS) is 15.3. The Morgan fingerprint density at radius 2 is 1.31 bits per heavy atom. The molecule has 0 saturated carbocycles. The van der Waals surface area contributed by atoms with E-state index in [0.717, 1.165) is 24.5 Å². The molecule has 0 bridgehead atoms. The second-order valence-corrected chi connectivity index (χ2v) is 9.88. The van der Waals surface area contributed by atoms with E-state index in [9.17, 15) is 0 Å². The minimum absolute atomic E-state index is 0.144. The first-order valence-corrected chi connectivity index (χ1v) is 12.2. The highest BCUT2D eigenvalue weighted by Crippen LogP contribution is 2.38. The number of benzene rings is 4. The van der Waals surface area contributed by atoms with Gasteiger partial charge >= 0.3 is 0 Å². The van der Waals surface area contributed by atoms with Crippen LogP contribution in [0.2, 0.25) is 0 Å². The molecule has 0 atom stereocenters. The van der Waals surface area contributed by atoms with Crippen LogP contribution >= 0.6 is 0 Å². The van der Waals surface area contributed by atoms with Crippen LogP contribution in [0.3, 0.4) is 0 Å². The standard InChI is InChI=1S/C31H30N2O2/c1-31(2,26-14-13-23-21-35-33(20-24(23)17-26)29-11-7-4-8-12-29)27-15-16-30-25(18-27)19-32(22-34-30)28-9-5-3-6-10-28/h3-18H,19-22H2,1-2H3. The van der Waals surface area contributed by atoms with Gasteiger partial charge in [-0.3, -0.25) is 4.84 Å². The summed E-state index contributed by atoms with van der Waals surface area (Å²) in [5, 5.41) is 1.99. The SMILES string of the molecule is CC(C)(c1ccc2c(c1)CN(c1ccccc1)OC2)c1ccc2c(c1)CN(c1ccccc1)CO2. The van der Waals surface area contributed by atoms with Crippen molar-refractivity contribution in [1.82, 2.24) is 0 Å². The molecule has 0 radical (unpaired) electrons. The third-order valence-electron chi connectivity index (χ3n) is 7.30. The number of hydrogen-bond donors (Lipinski definition) is 0. The predicted octanol–water partition coefficient (Wildman–Crippen LogP) is 6.82. The number of ether oxygens (including phenoxy) is 1. The van der Waals surface area contributed by atoms with E-state index in [1.807, 2.05) is 29.3 Å². The smallest absolute Gasteiger partial charge is 0.161 e. The lowest BCUT2D eigenvalue weighted by Crippen LogP contribution is -2.32. The minimum atomic E-state index is -0.144. The summed E-state index contributed by atoms with van der Waals surface area (Å²) in [4.78, 5) is 8.30. The lowest BCUT2D eigenvalue weighted by Gasteiger charge is -2.34. The Bertz CT molecular complexity index is 1230. The molecule has 4 aromatic rings. The topological polar surface area (TPSA) is 24.9 Å². The van der Waals surface area contributed by atoms with Crippen LogP contribution in [0, 0.1) is 0 Å². The zero-order valence-corrected chi connectivity index (χ0v) is 20.3. The number of fused-ring (bicyclic) bond motifs is 2. The summed E-state index contributed by atoms with van der Waals surface area (Å²) in [7, 11) is 0. The molecule has 0 fully saturated rings.